The quantitative estimate of drug-likeness (QED) is 0.466. The molecule has 8 nitrogen and oxygen atoms in total. The van der Waals surface area contributed by atoms with Crippen LogP contribution in [-0.4, -0.2) is 49.4 Å². The van der Waals surface area contributed by atoms with Crippen molar-refractivity contribution in [2.24, 2.45) is 7.05 Å². The van der Waals surface area contributed by atoms with E-state index in [1.54, 1.807) is 23.0 Å². The van der Waals surface area contributed by atoms with E-state index < -0.39 is 5.82 Å². The van der Waals surface area contributed by atoms with Crippen LogP contribution in [0.15, 0.2) is 30.6 Å². The molecule has 10 heteroatoms. The Labute approximate surface area is 189 Å². The smallest absolute Gasteiger partial charge is 0.228 e. The summed E-state index contributed by atoms with van der Waals surface area (Å²) in [7, 11) is 1.87. The van der Waals surface area contributed by atoms with Crippen LogP contribution in [0.4, 0.5) is 10.3 Å². The summed E-state index contributed by atoms with van der Waals surface area (Å²) in [6.07, 6.45) is 3.56. The minimum Gasteiger partial charge on any atom is -0.370 e. The van der Waals surface area contributed by atoms with Crippen LogP contribution in [-0.2, 0) is 11.8 Å². The molecule has 1 aromatic carbocycles. The van der Waals surface area contributed by atoms with Gasteiger partial charge in [0.15, 0.2) is 5.65 Å². The van der Waals surface area contributed by atoms with Gasteiger partial charge in [0.1, 0.15) is 23.1 Å². The first kappa shape index (κ1) is 20.7. The highest BCUT2D eigenvalue weighted by Gasteiger charge is 2.27. The van der Waals surface area contributed by atoms with Crippen LogP contribution < -0.4 is 4.90 Å². The summed E-state index contributed by atoms with van der Waals surface area (Å²) in [5.74, 6) is -0.0183. The number of nitrogens with zero attached hydrogens (tertiary/aromatic N) is 7. The fourth-order valence-corrected chi connectivity index (χ4v) is 3.91. The molecule has 164 valence electrons. The number of benzene rings is 1. The van der Waals surface area contributed by atoms with E-state index in [4.69, 9.17) is 21.3 Å². The largest absolute Gasteiger partial charge is 0.370 e. The predicted octanol–water partition coefficient (Wildman–Crippen LogP) is 3.81. The molecule has 1 aliphatic rings. The summed E-state index contributed by atoms with van der Waals surface area (Å²) in [5.41, 5.74) is 4.06. The SMILES string of the molecule is Cc1nc2nc(N3CCOC(c4cnn(C)c4)C3)nc(-c3ccc(Cl)cc3F)c2nc1C. The third kappa shape index (κ3) is 3.78. The third-order valence-corrected chi connectivity index (χ3v) is 5.80. The van der Waals surface area contributed by atoms with E-state index in [0.29, 0.717) is 53.1 Å². The maximum Gasteiger partial charge on any atom is 0.228 e. The summed E-state index contributed by atoms with van der Waals surface area (Å²) in [6.45, 7) is 5.38. The number of fused-ring (bicyclic) bond motifs is 1. The molecular weight excluding hydrogens is 433 g/mol. The minimum absolute atomic E-state index is 0.168. The Morgan fingerprint density at radius 1 is 1.12 bits per heavy atom. The van der Waals surface area contributed by atoms with Crippen LogP contribution in [0, 0.1) is 19.7 Å². The van der Waals surface area contributed by atoms with Gasteiger partial charge in [-0.25, -0.2) is 19.3 Å². The molecule has 0 spiro atoms. The number of rotatable bonds is 3. The van der Waals surface area contributed by atoms with E-state index >= 15 is 0 Å². The van der Waals surface area contributed by atoms with Crippen molar-refractivity contribution in [1.29, 1.82) is 0 Å². The number of hydrogen-bond acceptors (Lipinski definition) is 7. The van der Waals surface area contributed by atoms with Crippen molar-refractivity contribution < 1.29 is 9.13 Å². The fourth-order valence-electron chi connectivity index (χ4n) is 3.75. The molecule has 0 aliphatic carbocycles. The van der Waals surface area contributed by atoms with Crippen molar-refractivity contribution in [3.05, 3.63) is 58.4 Å². The van der Waals surface area contributed by atoms with Gasteiger partial charge < -0.3 is 9.64 Å². The zero-order chi connectivity index (χ0) is 22.4. The molecule has 32 heavy (non-hydrogen) atoms. The van der Waals surface area contributed by atoms with Gasteiger partial charge >= 0.3 is 0 Å². The van der Waals surface area contributed by atoms with Crippen molar-refractivity contribution in [1.82, 2.24) is 29.7 Å². The molecule has 5 rings (SSSR count). The Morgan fingerprint density at radius 3 is 2.69 bits per heavy atom. The van der Waals surface area contributed by atoms with Gasteiger partial charge in [0.2, 0.25) is 5.95 Å². The minimum atomic E-state index is -0.473. The highest BCUT2D eigenvalue weighted by atomic mass is 35.5. The summed E-state index contributed by atoms with van der Waals surface area (Å²) >= 11 is 5.97. The van der Waals surface area contributed by atoms with E-state index in [1.807, 2.05) is 32.0 Å². The maximum absolute atomic E-state index is 14.9. The van der Waals surface area contributed by atoms with Gasteiger partial charge in [-0.15, -0.1) is 0 Å². The molecule has 1 aliphatic heterocycles. The molecule has 1 fully saturated rings. The van der Waals surface area contributed by atoms with Crippen LogP contribution in [0.3, 0.4) is 0 Å². The zero-order valence-corrected chi connectivity index (χ0v) is 18.6. The Bertz CT molecular complexity index is 1330. The van der Waals surface area contributed by atoms with Gasteiger partial charge in [-0.2, -0.15) is 10.1 Å². The molecule has 0 bridgehead atoms. The summed E-state index contributed by atoms with van der Waals surface area (Å²) < 4.78 is 22.6. The van der Waals surface area contributed by atoms with Crippen LogP contribution in [0.5, 0.6) is 0 Å². The lowest BCUT2D eigenvalue weighted by molar-refractivity contribution is 0.0392. The second kappa shape index (κ2) is 8.07. The number of hydrogen-bond donors (Lipinski definition) is 0. The highest BCUT2D eigenvalue weighted by Crippen LogP contribution is 2.32. The number of morpholine rings is 1. The maximum atomic E-state index is 14.9. The van der Waals surface area contributed by atoms with Crippen LogP contribution in [0.2, 0.25) is 5.02 Å². The zero-order valence-electron chi connectivity index (χ0n) is 17.9. The summed E-state index contributed by atoms with van der Waals surface area (Å²) in [5, 5.41) is 4.55. The molecule has 0 radical (unpaired) electrons. The average Bonchev–Trinajstić information content (AvgIpc) is 3.21. The molecule has 4 heterocycles. The first-order valence-corrected chi connectivity index (χ1v) is 10.6. The topological polar surface area (TPSA) is 81.9 Å². The van der Waals surface area contributed by atoms with Gasteiger partial charge in [0.25, 0.3) is 0 Å². The van der Waals surface area contributed by atoms with Crippen molar-refractivity contribution in [2.75, 3.05) is 24.6 Å². The van der Waals surface area contributed by atoms with E-state index in [9.17, 15) is 4.39 Å². The number of halogens is 2. The fraction of sp³-hybridized carbons (Fsp3) is 0.318. The molecular formula is C22H21ClFN7O. The van der Waals surface area contributed by atoms with Crippen LogP contribution >= 0.6 is 11.6 Å². The van der Waals surface area contributed by atoms with E-state index in [-0.39, 0.29) is 6.10 Å². The first-order chi connectivity index (χ1) is 15.4. The number of ether oxygens (including phenoxy) is 1. The van der Waals surface area contributed by atoms with E-state index in [2.05, 4.69) is 20.1 Å². The molecule has 0 amide bonds. The second-order valence-corrected chi connectivity index (χ2v) is 8.25. The lowest BCUT2D eigenvalue weighted by Gasteiger charge is -2.32. The Hall–Kier alpha value is -3.17. The molecule has 0 N–H and O–H groups in total. The predicted molar refractivity (Wildman–Crippen MR) is 119 cm³/mol. The summed E-state index contributed by atoms with van der Waals surface area (Å²) in [6, 6.07) is 4.51. The number of aromatic nitrogens is 6. The number of aryl methyl sites for hydroxylation is 3. The average molecular weight is 454 g/mol. The van der Waals surface area contributed by atoms with Crippen molar-refractivity contribution in [3.63, 3.8) is 0 Å². The Kier molecular flexibility index (Phi) is 5.22. The van der Waals surface area contributed by atoms with Gasteiger partial charge in [0, 0.05) is 35.9 Å². The normalized spacial score (nSPS) is 16.7. The van der Waals surface area contributed by atoms with E-state index in [0.717, 1.165) is 17.0 Å². The van der Waals surface area contributed by atoms with Crippen molar-refractivity contribution >= 4 is 28.7 Å². The Morgan fingerprint density at radius 2 is 1.94 bits per heavy atom. The van der Waals surface area contributed by atoms with Crippen molar-refractivity contribution in [3.8, 4) is 11.3 Å². The highest BCUT2D eigenvalue weighted by molar-refractivity contribution is 6.30. The van der Waals surface area contributed by atoms with Crippen LogP contribution in [0.1, 0.15) is 23.1 Å². The van der Waals surface area contributed by atoms with Crippen molar-refractivity contribution in [2.45, 2.75) is 20.0 Å². The van der Waals surface area contributed by atoms with Crippen LogP contribution in [0.25, 0.3) is 22.4 Å². The molecule has 1 saturated heterocycles. The number of anilines is 1. The van der Waals surface area contributed by atoms with Gasteiger partial charge in [-0.1, -0.05) is 11.6 Å². The van der Waals surface area contributed by atoms with Gasteiger partial charge in [-0.05, 0) is 32.0 Å². The standard InChI is InChI=1S/C22H21ClFN7O/c1-12-13(2)27-21-20(26-12)19(16-5-4-15(23)8-17(16)24)28-22(29-21)31-6-7-32-18(11-31)14-9-25-30(3)10-14/h4-5,8-10,18H,6-7,11H2,1-3H3. The third-order valence-electron chi connectivity index (χ3n) is 5.56. The van der Waals surface area contributed by atoms with Gasteiger partial charge in [-0.3, -0.25) is 4.68 Å². The first-order valence-electron chi connectivity index (χ1n) is 10.2. The van der Waals surface area contributed by atoms with Gasteiger partial charge in [0.05, 0.1) is 30.7 Å². The molecule has 4 aromatic rings. The van der Waals surface area contributed by atoms with E-state index in [1.165, 1.54) is 6.07 Å². The molecule has 1 atom stereocenters. The molecule has 3 aromatic heterocycles. The molecule has 0 saturated carbocycles. The lowest BCUT2D eigenvalue weighted by Crippen LogP contribution is -2.39. The molecule has 1 unspecified atom stereocenters. The second-order valence-electron chi connectivity index (χ2n) is 7.82. The lowest BCUT2D eigenvalue weighted by atomic mass is 10.1. The summed E-state index contributed by atoms with van der Waals surface area (Å²) in [4.78, 5) is 20.7. The Balaban J connectivity index is 1.62. The monoisotopic (exact) mass is 453 g/mol.